The molecule has 0 spiro atoms. The van der Waals surface area contributed by atoms with Crippen LogP contribution >= 0.6 is 23.2 Å². The number of hydrogen-bond acceptors (Lipinski definition) is 4. The molecule has 1 heterocycles. The zero-order valence-electron chi connectivity index (χ0n) is 13.6. The number of amides is 1. The Morgan fingerprint density at radius 1 is 0.962 bits per heavy atom. The van der Waals surface area contributed by atoms with Gasteiger partial charge in [-0.1, -0.05) is 41.4 Å². The first kappa shape index (κ1) is 18.0. The second-order valence-electron chi connectivity index (χ2n) is 5.34. The van der Waals surface area contributed by atoms with Gasteiger partial charge in [0.25, 0.3) is 5.91 Å². The van der Waals surface area contributed by atoms with Crippen molar-refractivity contribution in [3.8, 4) is 5.75 Å². The number of carbonyl (C=O) groups excluding carboxylic acids is 1. The molecule has 7 heteroatoms. The van der Waals surface area contributed by atoms with E-state index in [9.17, 15) is 4.79 Å². The van der Waals surface area contributed by atoms with Gasteiger partial charge in [-0.15, -0.1) is 0 Å². The standard InChI is InChI=1S/C19H15Cl2N3O2/c20-16-8-6-13(10-17(16)21)23-18-9-7-14(11-22-18)24-19(25)12-26-15-4-2-1-3-5-15/h1-11H,12H2,(H,22,23)(H,24,25). The minimum Gasteiger partial charge on any atom is -0.484 e. The average Bonchev–Trinajstić information content (AvgIpc) is 2.65. The normalized spacial score (nSPS) is 10.2. The van der Waals surface area contributed by atoms with Crippen LogP contribution in [-0.2, 0) is 4.79 Å². The largest absolute Gasteiger partial charge is 0.484 e. The van der Waals surface area contributed by atoms with Gasteiger partial charge in [0, 0.05) is 5.69 Å². The maximum Gasteiger partial charge on any atom is 0.262 e. The molecule has 132 valence electrons. The molecule has 3 aromatic rings. The predicted molar refractivity (Wildman–Crippen MR) is 105 cm³/mol. The van der Waals surface area contributed by atoms with Crippen molar-refractivity contribution in [2.75, 3.05) is 17.2 Å². The molecule has 3 rings (SSSR count). The first-order chi connectivity index (χ1) is 12.6. The van der Waals surface area contributed by atoms with Crippen molar-refractivity contribution in [1.29, 1.82) is 0 Å². The zero-order valence-corrected chi connectivity index (χ0v) is 15.1. The van der Waals surface area contributed by atoms with E-state index in [0.717, 1.165) is 5.69 Å². The van der Waals surface area contributed by atoms with E-state index in [2.05, 4.69) is 15.6 Å². The van der Waals surface area contributed by atoms with Crippen LogP contribution < -0.4 is 15.4 Å². The second kappa shape index (κ2) is 8.56. The minimum absolute atomic E-state index is 0.0761. The molecule has 2 aromatic carbocycles. The molecule has 0 aliphatic carbocycles. The van der Waals surface area contributed by atoms with Crippen LogP contribution in [0.15, 0.2) is 66.9 Å². The summed E-state index contributed by atoms with van der Waals surface area (Å²) in [7, 11) is 0. The Bertz CT molecular complexity index is 887. The average molecular weight is 388 g/mol. The summed E-state index contributed by atoms with van der Waals surface area (Å²) >= 11 is 11.9. The van der Waals surface area contributed by atoms with Gasteiger partial charge in [-0.3, -0.25) is 4.79 Å². The Balaban J connectivity index is 1.53. The van der Waals surface area contributed by atoms with Crippen molar-refractivity contribution in [3.05, 3.63) is 76.9 Å². The molecule has 0 radical (unpaired) electrons. The Morgan fingerprint density at radius 3 is 2.42 bits per heavy atom. The first-order valence-corrected chi connectivity index (χ1v) is 8.51. The molecule has 0 saturated carbocycles. The first-order valence-electron chi connectivity index (χ1n) is 7.76. The minimum atomic E-state index is -0.263. The molecule has 0 aliphatic heterocycles. The van der Waals surface area contributed by atoms with E-state index in [1.807, 2.05) is 18.2 Å². The van der Waals surface area contributed by atoms with Gasteiger partial charge in [-0.2, -0.15) is 0 Å². The Hall–Kier alpha value is -2.76. The van der Waals surface area contributed by atoms with E-state index in [1.54, 1.807) is 48.7 Å². The second-order valence-corrected chi connectivity index (χ2v) is 6.15. The highest BCUT2D eigenvalue weighted by molar-refractivity contribution is 6.42. The van der Waals surface area contributed by atoms with Gasteiger partial charge in [0.1, 0.15) is 11.6 Å². The summed E-state index contributed by atoms with van der Waals surface area (Å²) in [5.74, 6) is 0.990. The summed E-state index contributed by atoms with van der Waals surface area (Å²) in [4.78, 5) is 16.2. The topological polar surface area (TPSA) is 63.2 Å². The number of benzene rings is 2. The van der Waals surface area contributed by atoms with Gasteiger partial charge in [0.2, 0.25) is 0 Å². The quantitative estimate of drug-likeness (QED) is 0.613. The SMILES string of the molecule is O=C(COc1ccccc1)Nc1ccc(Nc2ccc(Cl)c(Cl)c2)nc1. The number of pyridine rings is 1. The smallest absolute Gasteiger partial charge is 0.262 e. The third kappa shape index (κ3) is 5.12. The van der Waals surface area contributed by atoms with Crippen LogP contribution in [0.25, 0.3) is 0 Å². The number of ether oxygens (including phenoxy) is 1. The number of anilines is 3. The van der Waals surface area contributed by atoms with Gasteiger partial charge < -0.3 is 15.4 Å². The van der Waals surface area contributed by atoms with E-state index in [0.29, 0.717) is 27.3 Å². The fraction of sp³-hybridized carbons (Fsp3) is 0.0526. The van der Waals surface area contributed by atoms with E-state index in [-0.39, 0.29) is 12.5 Å². The van der Waals surface area contributed by atoms with E-state index in [4.69, 9.17) is 27.9 Å². The van der Waals surface area contributed by atoms with Gasteiger partial charge in [0.05, 0.1) is 21.9 Å². The summed E-state index contributed by atoms with van der Waals surface area (Å²) in [6.45, 7) is -0.0761. The fourth-order valence-electron chi connectivity index (χ4n) is 2.13. The molecular formula is C19H15Cl2N3O2. The molecular weight excluding hydrogens is 373 g/mol. The fourth-order valence-corrected chi connectivity index (χ4v) is 2.42. The summed E-state index contributed by atoms with van der Waals surface area (Å²) < 4.78 is 5.40. The molecule has 0 aliphatic rings. The highest BCUT2D eigenvalue weighted by Gasteiger charge is 2.05. The van der Waals surface area contributed by atoms with Crippen LogP contribution in [0.3, 0.4) is 0 Å². The van der Waals surface area contributed by atoms with Gasteiger partial charge in [0.15, 0.2) is 6.61 Å². The Kier molecular flexibility index (Phi) is 5.94. The van der Waals surface area contributed by atoms with Crippen molar-refractivity contribution in [3.63, 3.8) is 0 Å². The maximum absolute atomic E-state index is 11.9. The summed E-state index contributed by atoms with van der Waals surface area (Å²) in [6.07, 6.45) is 1.56. The number of nitrogens with one attached hydrogen (secondary N) is 2. The molecule has 0 atom stereocenters. The van der Waals surface area contributed by atoms with E-state index < -0.39 is 0 Å². The number of aromatic nitrogens is 1. The lowest BCUT2D eigenvalue weighted by molar-refractivity contribution is -0.118. The van der Waals surface area contributed by atoms with Crippen molar-refractivity contribution < 1.29 is 9.53 Å². The van der Waals surface area contributed by atoms with Gasteiger partial charge in [-0.25, -0.2) is 4.98 Å². The zero-order chi connectivity index (χ0) is 18.4. The number of para-hydroxylation sites is 1. The van der Waals surface area contributed by atoms with Crippen LogP contribution in [-0.4, -0.2) is 17.5 Å². The van der Waals surface area contributed by atoms with Crippen molar-refractivity contribution >= 4 is 46.3 Å². The van der Waals surface area contributed by atoms with Crippen molar-refractivity contribution in [2.45, 2.75) is 0 Å². The molecule has 0 unspecified atom stereocenters. The molecule has 26 heavy (non-hydrogen) atoms. The van der Waals surface area contributed by atoms with Crippen LogP contribution in [0.1, 0.15) is 0 Å². The number of nitrogens with zero attached hydrogens (tertiary/aromatic N) is 1. The summed E-state index contributed by atoms with van der Waals surface area (Å²) in [5, 5.41) is 6.78. The van der Waals surface area contributed by atoms with Gasteiger partial charge in [-0.05, 0) is 42.5 Å². The Morgan fingerprint density at radius 2 is 1.73 bits per heavy atom. The number of rotatable bonds is 6. The highest BCUT2D eigenvalue weighted by Crippen LogP contribution is 2.26. The van der Waals surface area contributed by atoms with Crippen molar-refractivity contribution in [1.82, 2.24) is 4.98 Å². The number of halogens is 2. The molecule has 0 fully saturated rings. The molecule has 0 bridgehead atoms. The predicted octanol–water partition coefficient (Wildman–Crippen LogP) is 5.15. The monoisotopic (exact) mass is 387 g/mol. The van der Waals surface area contributed by atoms with Gasteiger partial charge >= 0.3 is 0 Å². The Labute approximate surface area is 160 Å². The highest BCUT2D eigenvalue weighted by atomic mass is 35.5. The van der Waals surface area contributed by atoms with Crippen LogP contribution in [0.5, 0.6) is 5.75 Å². The van der Waals surface area contributed by atoms with Crippen LogP contribution in [0, 0.1) is 0 Å². The third-order valence-electron chi connectivity index (χ3n) is 3.35. The molecule has 5 nitrogen and oxygen atoms in total. The van der Waals surface area contributed by atoms with Crippen LogP contribution in [0.4, 0.5) is 17.2 Å². The summed E-state index contributed by atoms with van der Waals surface area (Å²) in [5.41, 5.74) is 1.34. The third-order valence-corrected chi connectivity index (χ3v) is 4.09. The molecule has 1 amide bonds. The number of hydrogen-bond donors (Lipinski definition) is 2. The molecule has 2 N–H and O–H groups in total. The lowest BCUT2D eigenvalue weighted by Gasteiger charge is -2.09. The van der Waals surface area contributed by atoms with E-state index >= 15 is 0 Å². The molecule has 0 saturated heterocycles. The number of carbonyl (C=O) groups is 1. The summed E-state index contributed by atoms with van der Waals surface area (Å²) in [6, 6.07) is 17.8. The maximum atomic E-state index is 11.9. The molecule has 1 aromatic heterocycles. The van der Waals surface area contributed by atoms with Crippen molar-refractivity contribution in [2.24, 2.45) is 0 Å². The van der Waals surface area contributed by atoms with Crippen LogP contribution in [0.2, 0.25) is 10.0 Å². The lowest BCUT2D eigenvalue weighted by Crippen LogP contribution is -2.20. The van der Waals surface area contributed by atoms with E-state index in [1.165, 1.54) is 0 Å². The lowest BCUT2D eigenvalue weighted by atomic mass is 10.3.